The molecule has 0 saturated carbocycles. The second-order valence-electron chi connectivity index (χ2n) is 5.00. The van der Waals surface area contributed by atoms with Gasteiger partial charge in [0.05, 0.1) is 0 Å². The van der Waals surface area contributed by atoms with Crippen molar-refractivity contribution < 1.29 is 5.11 Å². The topological polar surface area (TPSA) is 38.7 Å². The number of nitrogens with one attached hydrogen (secondary N) is 1. The molecule has 1 aliphatic rings. The van der Waals surface area contributed by atoms with Gasteiger partial charge in [-0.2, -0.15) is 0 Å². The third kappa shape index (κ3) is 4.37. The van der Waals surface area contributed by atoms with E-state index < -0.39 is 0 Å². The largest absolute Gasteiger partial charge is 0.396 e. The van der Waals surface area contributed by atoms with Gasteiger partial charge in [-0.1, -0.05) is 0 Å². The highest BCUT2D eigenvalue weighted by Crippen LogP contribution is 2.13. The van der Waals surface area contributed by atoms with Crippen molar-refractivity contribution in [3.8, 4) is 0 Å². The van der Waals surface area contributed by atoms with E-state index >= 15 is 0 Å². The molecule has 2 atom stereocenters. The fourth-order valence-electron chi connectivity index (χ4n) is 2.48. The van der Waals surface area contributed by atoms with Crippen molar-refractivity contribution in [1.82, 2.24) is 15.1 Å². The van der Waals surface area contributed by atoms with Crippen LogP contribution in [-0.2, 0) is 0 Å². The summed E-state index contributed by atoms with van der Waals surface area (Å²) < 4.78 is 0. The molecule has 16 heavy (non-hydrogen) atoms. The van der Waals surface area contributed by atoms with Gasteiger partial charge in [-0.05, 0) is 47.0 Å². The Bertz CT molecular complexity index is 189. The molecule has 0 aromatic carbocycles. The molecule has 96 valence electrons. The van der Waals surface area contributed by atoms with Crippen molar-refractivity contribution in [3.05, 3.63) is 0 Å². The third-order valence-electron chi connectivity index (χ3n) is 3.62. The van der Waals surface area contributed by atoms with Crippen LogP contribution in [0.1, 0.15) is 19.3 Å². The second kappa shape index (κ2) is 7.22. The van der Waals surface area contributed by atoms with Crippen molar-refractivity contribution >= 4 is 0 Å². The number of likely N-dealkylation sites (N-methyl/N-ethyl adjacent to an activating group) is 3. The highest BCUT2D eigenvalue weighted by atomic mass is 16.3. The molecule has 4 heteroatoms. The Morgan fingerprint density at radius 2 is 2.31 bits per heavy atom. The van der Waals surface area contributed by atoms with Crippen molar-refractivity contribution in [2.45, 2.75) is 31.3 Å². The average Bonchev–Trinajstić information content (AvgIpc) is 2.28. The first-order valence-electron chi connectivity index (χ1n) is 6.34. The van der Waals surface area contributed by atoms with Gasteiger partial charge in [0.1, 0.15) is 0 Å². The third-order valence-corrected chi connectivity index (χ3v) is 3.62. The van der Waals surface area contributed by atoms with E-state index in [0.29, 0.717) is 12.1 Å². The van der Waals surface area contributed by atoms with E-state index in [1.54, 1.807) is 0 Å². The number of nitrogens with zero attached hydrogens (tertiary/aromatic N) is 2. The second-order valence-corrected chi connectivity index (χ2v) is 5.00. The zero-order valence-corrected chi connectivity index (χ0v) is 10.9. The number of aliphatic hydroxyl groups is 1. The Morgan fingerprint density at radius 1 is 1.56 bits per heavy atom. The summed E-state index contributed by atoms with van der Waals surface area (Å²) in [6.45, 7) is 3.70. The first kappa shape index (κ1) is 13.9. The van der Waals surface area contributed by atoms with Crippen molar-refractivity contribution in [2.24, 2.45) is 0 Å². The summed E-state index contributed by atoms with van der Waals surface area (Å²) in [5.41, 5.74) is 0. The SMILES string of the molecule is CNC(CCO)CN(C)C1CCCN(C)C1. The molecule has 1 saturated heterocycles. The maximum atomic E-state index is 8.97. The molecule has 1 fully saturated rings. The molecule has 0 aromatic heterocycles. The first-order chi connectivity index (χ1) is 7.67. The first-order valence-corrected chi connectivity index (χ1v) is 6.34. The molecule has 1 rings (SSSR count). The Labute approximate surface area is 99.6 Å². The van der Waals surface area contributed by atoms with Crippen LogP contribution in [-0.4, -0.2) is 74.4 Å². The van der Waals surface area contributed by atoms with E-state index in [1.165, 1.54) is 25.9 Å². The minimum atomic E-state index is 0.268. The van der Waals surface area contributed by atoms with Gasteiger partial charge in [0.15, 0.2) is 0 Å². The van der Waals surface area contributed by atoms with Gasteiger partial charge < -0.3 is 20.2 Å². The van der Waals surface area contributed by atoms with Crippen LogP contribution in [0.4, 0.5) is 0 Å². The van der Waals surface area contributed by atoms with Gasteiger partial charge >= 0.3 is 0 Å². The Hall–Kier alpha value is -0.160. The van der Waals surface area contributed by atoms with Crippen LogP contribution < -0.4 is 5.32 Å². The van der Waals surface area contributed by atoms with Gasteiger partial charge in [-0.3, -0.25) is 0 Å². The predicted octanol–water partition coefficient (Wildman–Crippen LogP) is -0.0172. The summed E-state index contributed by atoms with van der Waals surface area (Å²) in [5.74, 6) is 0. The summed E-state index contributed by atoms with van der Waals surface area (Å²) in [5, 5.41) is 12.2. The van der Waals surface area contributed by atoms with Crippen LogP contribution in [0.15, 0.2) is 0 Å². The smallest absolute Gasteiger partial charge is 0.0446 e. The number of likely N-dealkylation sites (tertiary alicyclic amines) is 1. The zero-order valence-electron chi connectivity index (χ0n) is 10.9. The molecule has 0 bridgehead atoms. The lowest BCUT2D eigenvalue weighted by Crippen LogP contribution is -2.49. The normalized spacial score (nSPS) is 24.9. The Balaban J connectivity index is 2.34. The molecule has 2 N–H and O–H groups in total. The minimum absolute atomic E-state index is 0.268. The molecule has 0 aromatic rings. The lowest BCUT2D eigenvalue weighted by atomic mass is 10.0. The van der Waals surface area contributed by atoms with Crippen molar-refractivity contribution in [2.75, 3.05) is 47.4 Å². The van der Waals surface area contributed by atoms with E-state index in [-0.39, 0.29) is 6.61 Å². The van der Waals surface area contributed by atoms with Crippen LogP contribution in [0.2, 0.25) is 0 Å². The van der Waals surface area contributed by atoms with Gasteiger partial charge in [0, 0.05) is 31.8 Å². The fourth-order valence-corrected chi connectivity index (χ4v) is 2.48. The number of piperidine rings is 1. The molecule has 1 aliphatic heterocycles. The molecule has 0 spiro atoms. The highest BCUT2D eigenvalue weighted by Gasteiger charge is 2.22. The summed E-state index contributed by atoms with van der Waals surface area (Å²) in [7, 11) is 6.37. The minimum Gasteiger partial charge on any atom is -0.396 e. The molecular weight excluding hydrogens is 202 g/mol. The van der Waals surface area contributed by atoms with Crippen LogP contribution in [0, 0.1) is 0 Å². The predicted molar refractivity (Wildman–Crippen MR) is 67.7 cm³/mol. The number of rotatable bonds is 6. The summed E-state index contributed by atoms with van der Waals surface area (Å²) in [6.07, 6.45) is 3.44. The maximum Gasteiger partial charge on any atom is 0.0446 e. The van der Waals surface area contributed by atoms with Crippen LogP contribution in [0.3, 0.4) is 0 Å². The zero-order chi connectivity index (χ0) is 12.0. The quantitative estimate of drug-likeness (QED) is 0.671. The van der Waals surface area contributed by atoms with E-state index in [1.807, 2.05) is 7.05 Å². The van der Waals surface area contributed by atoms with E-state index in [2.05, 4.69) is 29.2 Å². The molecule has 0 radical (unpaired) electrons. The standard InChI is InChI=1S/C12H27N3O/c1-13-11(6-8-16)9-15(3)12-5-4-7-14(2)10-12/h11-13,16H,4-10H2,1-3H3. The monoisotopic (exact) mass is 229 g/mol. The molecule has 0 amide bonds. The lowest BCUT2D eigenvalue weighted by molar-refractivity contribution is 0.121. The van der Waals surface area contributed by atoms with E-state index in [4.69, 9.17) is 5.11 Å². The molecule has 0 aliphatic carbocycles. The maximum absolute atomic E-state index is 8.97. The molecule has 1 heterocycles. The Kier molecular flexibility index (Phi) is 6.28. The highest BCUT2D eigenvalue weighted by molar-refractivity contribution is 4.80. The van der Waals surface area contributed by atoms with Crippen LogP contribution >= 0.6 is 0 Å². The fraction of sp³-hybridized carbons (Fsp3) is 1.00. The summed E-state index contributed by atoms with van der Waals surface area (Å²) in [6, 6.07) is 1.08. The van der Waals surface area contributed by atoms with Gasteiger partial charge in [-0.25, -0.2) is 0 Å². The molecule has 2 unspecified atom stereocenters. The summed E-state index contributed by atoms with van der Waals surface area (Å²) >= 11 is 0. The Morgan fingerprint density at radius 3 is 2.88 bits per heavy atom. The van der Waals surface area contributed by atoms with E-state index in [9.17, 15) is 0 Å². The van der Waals surface area contributed by atoms with Crippen LogP contribution in [0.25, 0.3) is 0 Å². The summed E-state index contributed by atoms with van der Waals surface area (Å²) in [4.78, 5) is 4.84. The number of hydrogen-bond donors (Lipinski definition) is 2. The van der Waals surface area contributed by atoms with Gasteiger partial charge in [0.25, 0.3) is 0 Å². The number of aliphatic hydroxyl groups excluding tert-OH is 1. The van der Waals surface area contributed by atoms with E-state index in [0.717, 1.165) is 13.0 Å². The molecular formula is C12H27N3O. The van der Waals surface area contributed by atoms with Crippen LogP contribution in [0.5, 0.6) is 0 Å². The number of hydrogen-bond acceptors (Lipinski definition) is 4. The van der Waals surface area contributed by atoms with Gasteiger partial charge in [-0.15, -0.1) is 0 Å². The average molecular weight is 229 g/mol. The lowest BCUT2D eigenvalue weighted by Gasteiger charge is -2.37. The van der Waals surface area contributed by atoms with Crippen molar-refractivity contribution in [3.63, 3.8) is 0 Å². The molecule has 4 nitrogen and oxygen atoms in total. The van der Waals surface area contributed by atoms with Crippen molar-refractivity contribution in [1.29, 1.82) is 0 Å². The van der Waals surface area contributed by atoms with Gasteiger partial charge in [0.2, 0.25) is 0 Å².